The zero-order chi connectivity index (χ0) is 14.0. The number of amides is 1. The molecule has 0 aliphatic heterocycles. The van der Waals surface area contributed by atoms with Crippen LogP contribution in [0.25, 0.3) is 0 Å². The maximum Gasteiger partial charge on any atom is 0.250 e. The van der Waals surface area contributed by atoms with Gasteiger partial charge in [0.2, 0.25) is 0 Å². The van der Waals surface area contributed by atoms with Crippen LogP contribution in [0.2, 0.25) is 0 Å². The molecule has 1 aromatic heterocycles. The summed E-state index contributed by atoms with van der Waals surface area (Å²) >= 11 is 0. The van der Waals surface area contributed by atoms with Crippen molar-refractivity contribution in [2.75, 3.05) is 11.1 Å². The van der Waals surface area contributed by atoms with Crippen LogP contribution in [0.4, 0.5) is 21.6 Å². The first-order valence-corrected chi connectivity index (χ1v) is 5.56. The number of aryl methyl sites for hydroxylation is 1. The SMILES string of the molecule is Cc1cccc(F)c1Nc1cc(C(N)=O)c(N)cn1. The third-order valence-corrected chi connectivity index (χ3v) is 2.68. The summed E-state index contributed by atoms with van der Waals surface area (Å²) in [5.74, 6) is -0.761. The molecule has 0 atom stereocenters. The van der Waals surface area contributed by atoms with Gasteiger partial charge in [0, 0.05) is 0 Å². The van der Waals surface area contributed by atoms with Gasteiger partial charge in [0.05, 0.1) is 23.1 Å². The van der Waals surface area contributed by atoms with Gasteiger partial charge in [-0.2, -0.15) is 0 Å². The van der Waals surface area contributed by atoms with Crippen LogP contribution in [-0.2, 0) is 0 Å². The van der Waals surface area contributed by atoms with Crippen LogP contribution in [0.15, 0.2) is 30.5 Å². The summed E-state index contributed by atoms with van der Waals surface area (Å²) in [6.07, 6.45) is 1.30. The number of nitrogens with zero attached hydrogens (tertiary/aromatic N) is 1. The maximum absolute atomic E-state index is 13.7. The smallest absolute Gasteiger partial charge is 0.250 e. The van der Waals surface area contributed by atoms with E-state index in [-0.39, 0.29) is 11.3 Å². The van der Waals surface area contributed by atoms with Crippen LogP contribution < -0.4 is 16.8 Å². The number of nitrogen functional groups attached to an aromatic ring is 1. The highest BCUT2D eigenvalue weighted by Gasteiger charge is 2.10. The predicted molar refractivity (Wildman–Crippen MR) is 71.6 cm³/mol. The molecule has 1 aromatic carbocycles. The van der Waals surface area contributed by atoms with Crippen LogP contribution in [-0.4, -0.2) is 10.9 Å². The molecule has 0 saturated heterocycles. The van der Waals surface area contributed by atoms with E-state index in [9.17, 15) is 9.18 Å². The fraction of sp³-hybridized carbons (Fsp3) is 0.0769. The minimum atomic E-state index is -0.659. The van der Waals surface area contributed by atoms with Crippen LogP contribution >= 0.6 is 0 Å². The lowest BCUT2D eigenvalue weighted by Crippen LogP contribution is -2.14. The molecule has 0 aliphatic rings. The summed E-state index contributed by atoms with van der Waals surface area (Å²) in [5, 5.41) is 2.81. The number of nitrogens with two attached hydrogens (primary N) is 2. The number of benzene rings is 1. The summed E-state index contributed by atoms with van der Waals surface area (Å²) in [4.78, 5) is 15.2. The summed E-state index contributed by atoms with van der Waals surface area (Å²) in [7, 11) is 0. The Morgan fingerprint density at radius 3 is 2.79 bits per heavy atom. The van der Waals surface area contributed by atoms with E-state index in [0.29, 0.717) is 11.5 Å². The minimum Gasteiger partial charge on any atom is -0.397 e. The minimum absolute atomic E-state index is 0.145. The second kappa shape index (κ2) is 4.93. The number of aromatic nitrogens is 1. The van der Waals surface area contributed by atoms with Crippen LogP contribution in [0, 0.1) is 12.7 Å². The van der Waals surface area contributed by atoms with Crippen molar-refractivity contribution in [3.8, 4) is 0 Å². The molecule has 0 bridgehead atoms. The lowest BCUT2D eigenvalue weighted by atomic mass is 10.2. The standard InChI is InChI=1S/C13H13FN4O/c1-7-3-2-4-9(14)12(7)18-11-5-8(13(16)19)10(15)6-17-11/h2-6H,15H2,1H3,(H2,16,19)(H,17,18). The zero-order valence-corrected chi connectivity index (χ0v) is 10.3. The first-order chi connectivity index (χ1) is 8.99. The summed E-state index contributed by atoms with van der Waals surface area (Å²) in [5.41, 5.74) is 12.1. The Kier molecular flexibility index (Phi) is 3.33. The first kappa shape index (κ1) is 12.8. The Morgan fingerprint density at radius 2 is 2.16 bits per heavy atom. The largest absolute Gasteiger partial charge is 0.397 e. The average Bonchev–Trinajstić information content (AvgIpc) is 2.35. The highest BCUT2D eigenvalue weighted by Crippen LogP contribution is 2.24. The number of carbonyl (C=O) groups is 1. The van der Waals surface area contributed by atoms with E-state index in [1.165, 1.54) is 18.3 Å². The van der Waals surface area contributed by atoms with Crippen LogP contribution in [0.3, 0.4) is 0 Å². The number of carbonyl (C=O) groups excluding carboxylic acids is 1. The Bertz CT molecular complexity index is 622. The predicted octanol–water partition coefficient (Wildman–Crippen LogP) is 1.95. The van der Waals surface area contributed by atoms with E-state index < -0.39 is 11.7 Å². The monoisotopic (exact) mass is 260 g/mol. The number of hydrogen-bond donors (Lipinski definition) is 3. The Balaban J connectivity index is 2.39. The van der Waals surface area contributed by atoms with Gasteiger partial charge in [-0.3, -0.25) is 4.79 Å². The first-order valence-electron chi connectivity index (χ1n) is 5.56. The number of para-hydroxylation sites is 1. The number of hydrogen-bond acceptors (Lipinski definition) is 4. The molecule has 0 aliphatic carbocycles. The van der Waals surface area contributed by atoms with Crippen molar-refractivity contribution in [2.24, 2.45) is 5.73 Å². The lowest BCUT2D eigenvalue weighted by molar-refractivity contribution is 0.100. The Labute approximate surface area is 109 Å². The molecule has 0 saturated carbocycles. The number of rotatable bonds is 3. The molecule has 19 heavy (non-hydrogen) atoms. The van der Waals surface area contributed by atoms with Gasteiger partial charge < -0.3 is 16.8 Å². The number of nitrogens with one attached hydrogen (secondary N) is 1. The van der Waals surface area contributed by atoms with Crippen molar-refractivity contribution in [1.82, 2.24) is 4.98 Å². The molecule has 6 heteroatoms. The fourth-order valence-electron chi connectivity index (χ4n) is 1.67. The molecular weight excluding hydrogens is 247 g/mol. The van der Waals surface area contributed by atoms with Gasteiger partial charge in [-0.15, -0.1) is 0 Å². The van der Waals surface area contributed by atoms with E-state index in [0.717, 1.165) is 5.56 Å². The molecule has 98 valence electrons. The zero-order valence-electron chi connectivity index (χ0n) is 10.3. The van der Waals surface area contributed by atoms with Crippen molar-refractivity contribution < 1.29 is 9.18 Å². The molecule has 0 fully saturated rings. The summed E-state index contributed by atoms with van der Waals surface area (Å²) < 4.78 is 13.7. The van der Waals surface area contributed by atoms with E-state index in [4.69, 9.17) is 11.5 Å². The molecule has 5 nitrogen and oxygen atoms in total. The number of primary amides is 1. The second-order valence-corrected chi connectivity index (χ2v) is 4.08. The van der Waals surface area contributed by atoms with E-state index in [1.54, 1.807) is 19.1 Å². The van der Waals surface area contributed by atoms with Gasteiger partial charge >= 0.3 is 0 Å². The van der Waals surface area contributed by atoms with Crippen molar-refractivity contribution in [3.05, 3.63) is 47.4 Å². The highest BCUT2D eigenvalue weighted by atomic mass is 19.1. The molecule has 0 radical (unpaired) electrons. The quantitative estimate of drug-likeness (QED) is 0.786. The molecule has 5 N–H and O–H groups in total. The van der Waals surface area contributed by atoms with Crippen molar-refractivity contribution in [2.45, 2.75) is 6.92 Å². The highest BCUT2D eigenvalue weighted by molar-refractivity contribution is 5.98. The normalized spacial score (nSPS) is 10.2. The van der Waals surface area contributed by atoms with Crippen molar-refractivity contribution in [3.63, 3.8) is 0 Å². The van der Waals surface area contributed by atoms with Crippen LogP contribution in [0.1, 0.15) is 15.9 Å². The van der Waals surface area contributed by atoms with Gasteiger partial charge in [-0.1, -0.05) is 12.1 Å². The third kappa shape index (κ3) is 2.62. The van der Waals surface area contributed by atoms with Crippen molar-refractivity contribution >= 4 is 23.1 Å². The molecule has 2 rings (SSSR count). The average molecular weight is 260 g/mol. The molecule has 1 heterocycles. The molecule has 0 unspecified atom stereocenters. The van der Waals surface area contributed by atoms with E-state index in [2.05, 4.69) is 10.3 Å². The fourth-order valence-corrected chi connectivity index (χ4v) is 1.67. The van der Waals surface area contributed by atoms with E-state index >= 15 is 0 Å². The number of pyridine rings is 1. The number of halogens is 1. The lowest BCUT2D eigenvalue weighted by Gasteiger charge is -2.11. The Morgan fingerprint density at radius 1 is 1.42 bits per heavy atom. The van der Waals surface area contributed by atoms with Crippen molar-refractivity contribution in [1.29, 1.82) is 0 Å². The van der Waals surface area contributed by atoms with Gasteiger partial charge in [0.1, 0.15) is 11.6 Å². The van der Waals surface area contributed by atoms with E-state index in [1.807, 2.05) is 0 Å². The van der Waals surface area contributed by atoms with Gasteiger partial charge in [-0.05, 0) is 24.6 Å². The topological polar surface area (TPSA) is 94.0 Å². The molecule has 1 amide bonds. The van der Waals surface area contributed by atoms with Gasteiger partial charge in [0.15, 0.2) is 0 Å². The summed E-state index contributed by atoms with van der Waals surface area (Å²) in [6, 6.07) is 6.10. The maximum atomic E-state index is 13.7. The third-order valence-electron chi connectivity index (χ3n) is 2.68. The molecule has 2 aromatic rings. The van der Waals surface area contributed by atoms with Gasteiger partial charge in [-0.25, -0.2) is 9.37 Å². The molecule has 0 spiro atoms. The number of anilines is 3. The molecular formula is C13H13FN4O. The van der Waals surface area contributed by atoms with Crippen LogP contribution in [0.5, 0.6) is 0 Å². The summed E-state index contributed by atoms with van der Waals surface area (Å²) in [6.45, 7) is 1.76. The second-order valence-electron chi connectivity index (χ2n) is 4.08. The van der Waals surface area contributed by atoms with Gasteiger partial charge in [0.25, 0.3) is 5.91 Å². The Hall–Kier alpha value is -2.63.